The first kappa shape index (κ1) is 13.7. The van der Waals surface area contributed by atoms with E-state index in [9.17, 15) is 13.6 Å². The second-order valence-electron chi connectivity index (χ2n) is 5.16. The van der Waals surface area contributed by atoms with Crippen molar-refractivity contribution in [3.8, 4) is 0 Å². The zero-order valence-corrected chi connectivity index (χ0v) is 11.7. The molecule has 21 heavy (non-hydrogen) atoms. The lowest BCUT2D eigenvalue weighted by molar-refractivity contribution is -0.117. The molecule has 0 fully saturated rings. The summed E-state index contributed by atoms with van der Waals surface area (Å²) >= 11 is 0. The van der Waals surface area contributed by atoms with E-state index in [0.29, 0.717) is 35.7 Å². The summed E-state index contributed by atoms with van der Waals surface area (Å²) < 4.78 is 32.1. The number of aromatic nitrogens is 1. The molecule has 2 heterocycles. The van der Waals surface area contributed by atoms with Gasteiger partial charge >= 0.3 is 0 Å². The summed E-state index contributed by atoms with van der Waals surface area (Å²) in [6.45, 7) is 3.86. The number of nitrogens with zero attached hydrogens (tertiary/aromatic N) is 2. The maximum Gasteiger partial charge on any atom is 0.231 e. The van der Waals surface area contributed by atoms with Crippen LogP contribution in [0.4, 0.5) is 14.5 Å². The maximum atomic E-state index is 13.7. The zero-order valence-electron chi connectivity index (χ0n) is 11.7. The van der Waals surface area contributed by atoms with Gasteiger partial charge in [0, 0.05) is 23.7 Å². The Labute approximate surface area is 120 Å². The second kappa shape index (κ2) is 4.95. The number of halogens is 2. The smallest absolute Gasteiger partial charge is 0.231 e. The largest absolute Gasteiger partial charge is 0.361 e. The van der Waals surface area contributed by atoms with Gasteiger partial charge in [0.15, 0.2) is 0 Å². The highest BCUT2D eigenvalue weighted by atomic mass is 19.1. The number of carbonyl (C=O) groups excluding carboxylic acids is 1. The third-order valence-electron chi connectivity index (χ3n) is 3.82. The Hall–Kier alpha value is -2.24. The quantitative estimate of drug-likeness (QED) is 0.855. The number of amides is 1. The monoisotopic (exact) mass is 292 g/mol. The van der Waals surface area contributed by atoms with E-state index >= 15 is 0 Å². The highest BCUT2D eigenvalue weighted by Gasteiger charge is 2.29. The molecule has 2 aromatic rings. The fourth-order valence-corrected chi connectivity index (χ4v) is 2.68. The molecule has 1 aliphatic heterocycles. The van der Waals surface area contributed by atoms with Crippen LogP contribution >= 0.6 is 0 Å². The molecule has 1 aromatic carbocycles. The summed E-state index contributed by atoms with van der Waals surface area (Å²) in [5.74, 6) is -0.903. The third-order valence-corrected chi connectivity index (χ3v) is 3.82. The number of rotatable bonds is 2. The van der Waals surface area contributed by atoms with Crippen LogP contribution in [-0.4, -0.2) is 17.6 Å². The van der Waals surface area contributed by atoms with Crippen LogP contribution < -0.4 is 4.90 Å². The maximum absolute atomic E-state index is 13.7. The van der Waals surface area contributed by atoms with Crippen molar-refractivity contribution in [1.82, 2.24) is 5.16 Å². The number of anilines is 1. The van der Waals surface area contributed by atoms with Gasteiger partial charge in [-0.3, -0.25) is 4.79 Å². The van der Waals surface area contributed by atoms with Gasteiger partial charge in [-0.1, -0.05) is 5.16 Å². The molecule has 4 nitrogen and oxygen atoms in total. The van der Waals surface area contributed by atoms with Crippen molar-refractivity contribution in [3.63, 3.8) is 0 Å². The number of hydrogen-bond donors (Lipinski definition) is 0. The SMILES string of the molecule is Cc1noc(C)c1CC(=O)N1CCc2c(F)cc(F)cc21. The number of carbonyl (C=O) groups is 1. The molecule has 0 N–H and O–H groups in total. The van der Waals surface area contributed by atoms with E-state index in [0.717, 1.165) is 11.6 Å². The summed E-state index contributed by atoms with van der Waals surface area (Å²) in [5, 5.41) is 3.80. The van der Waals surface area contributed by atoms with Gasteiger partial charge in [0.1, 0.15) is 17.4 Å². The minimum absolute atomic E-state index is 0.110. The Morgan fingerprint density at radius 1 is 1.38 bits per heavy atom. The van der Waals surface area contributed by atoms with Crippen LogP contribution in [0.15, 0.2) is 16.7 Å². The first-order chi connectivity index (χ1) is 9.97. The van der Waals surface area contributed by atoms with Crippen LogP contribution in [0.5, 0.6) is 0 Å². The molecular weight excluding hydrogens is 278 g/mol. The predicted molar refractivity (Wildman–Crippen MR) is 72.1 cm³/mol. The van der Waals surface area contributed by atoms with Crippen LogP contribution in [-0.2, 0) is 17.6 Å². The Balaban J connectivity index is 1.89. The Kier molecular flexibility index (Phi) is 3.23. The number of hydrogen-bond acceptors (Lipinski definition) is 3. The molecule has 0 atom stereocenters. The standard InChI is InChI=1S/C15H14F2N2O2/c1-8-12(9(2)21-18-8)7-15(20)19-4-3-11-13(17)5-10(16)6-14(11)19/h5-6H,3-4,7H2,1-2H3. The predicted octanol–water partition coefficient (Wildman–Crippen LogP) is 2.70. The molecule has 1 aromatic heterocycles. The zero-order chi connectivity index (χ0) is 15.1. The molecule has 0 unspecified atom stereocenters. The van der Waals surface area contributed by atoms with Gasteiger partial charge in [-0.15, -0.1) is 0 Å². The van der Waals surface area contributed by atoms with E-state index in [1.165, 1.54) is 11.0 Å². The lowest BCUT2D eigenvalue weighted by atomic mass is 10.1. The van der Waals surface area contributed by atoms with E-state index in [1.54, 1.807) is 13.8 Å². The van der Waals surface area contributed by atoms with Crippen molar-refractivity contribution >= 4 is 11.6 Å². The van der Waals surface area contributed by atoms with Crippen LogP contribution in [0.2, 0.25) is 0 Å². The summed E-state index contributed by atoms with van der Waals surface area (Å²) in [6, 6.07) is 2.05. The van der Waals surface area contributed by atoms with Crippen molar-refractivity contribution in [3.05, 3.63) is 46.3 Å². The molecule has 0 saturated carbocycles. The van der Waals surface area contributed by atoms with Crippen molar-refractivity contribution in [2.45, 2.75) is 26.7 Å². The van der Waals surface area contributed by atoms with E-state index in [2.05, 4.69) is 5.16 Å². The Morgan fingerprint density at radius 2 is 2.14 bits per heavy atom. The van der Waals surface area contributed by atoms with Crippen molar-refractivity contribution < 1.29 is 18.1 Å². The van der Waals surface area contributed by atoms with Gasteiger partial charge in [-0.2, -0.15) is 0 Å². The van der Waals surface area contributed by atoms with E-state index in [-0.39, 0.29) is 12.3 Å². The molecule has 1 aliphatic rings. The average Bonchev–Trinajstić information content (AvgIpc) is 2.97. The molecule has 0 spiro atoms. The molecule has 3 rings (SSSR count). The first-order valence-corrected chi connectivity index (χ1v) is 6.67. The van der Waals surface area contributed by atoms with Crippen molar-refractivity contribution in [1.29, 1.82) is 0 Å². The topological polar surface area (TPSA) is 46.3 Å². The van der Waals surface area contributed by atoms with Gasteiger partial charge in [0.2, 0.25) is 5.91 Å². The lowest BCUT2D eigenvalue weighted by Crippen LogP contribution is -2.30. The summed E-state index contributed by atoms with van der Waals surface area (Å²) in [7, 11) is 0. The minimum atomic E-state index is -0.678. The van der Waals surface area contributed by atoms with E-state index in [1.807, 2.05) is 0 Å². The van der Waals surface area contributed by atoms with Gasteiger partial charge in [0.05, 0.1) is 17.8 Å². The minimum Gasteiger partial charge on any atom is -0.361 e. The van der Waals surface area contributed by atoms with Gasteiger partial charge in [-0.25, -0.2) is 8.78 Å². The molecule has 0 saturated heterocycles. The van der Waals surface area contributed by atoms with Gasteiger partial charge in [0.25, 0.3) is 0 Å². The average molecular weight is 292 g/mol. The fourth-order valence-electron chi connectivity index (χ4n) is 2.68. The van der Waals surface area contributed by atoms with Gasteiger partial charge < -0.3 is 9.42 Å². The number of fused-ring (bicyclic) bond motifs is 1. The summed E-state index contributed by atoms with van der Waals surface area (Å²) in [5.41, 5.74) is 2.10. The fraction of sp³-hybridized carbons (Fsp3) is 0.333. The van der Waals surface area contributed by atoms with E-state index < -0.39 is 11.6 Å². The molecular formula is C15H14F2N2O2. The molecule has 0 aliphatic carbocycles. The summed E-state index contributed by atoms with van der Waals surface area (Å²) in [4.78, 5) is 13.8. The highest BCUT2D eigenvalue weighted by molar-refractivity contribution is 5.97. The molecule has 0 radical (unpaired) electrons. The van der Waals surface area contributed by atoms with Crippen molar-refractivity contribution in [2.24, 2.45) is 0 Å². The number of benzene rings is 1. The van der Waals surface area contributed by atoms with E-state index in [4.69, 9.17) is 4.52 Å². The summed E-state index contributed by atoms with van der Waals surface area (Å²) in [6.07, 6.45) is 0.507. The van der Waals surface area contributed by atoms with Crippen molar-refractivity contribution in [2.75, 3.05) is 11.4 Å². The van der Waals surface area contributed by atoms with Crippen LogP contribution in [0, 0.1) is 25.5 Å². The molecule has 1 amide bonds. The molecule has 110 valence electrons. The van der Waals surface area contributed by atoms with Crippen LogP contribution in [0.25, 0.3) is 0 Å². The molecule has 6 heteroatoms. The molecule has 0 bridgehead atoms. The first-order valence-electron chi connectivity index (χ1n) is 6.67. The Morgan fingerprint density at radius 3 is 2.81 bits per heavy atom. The Bertz CT molecular complexity index is 705. The van der Waals surface area contributed by atoms with Crippen LogP contribution in [0.1, 0.15) is 22.6 Å². The third kappa shape index (κ3) is 2.30. The lowest BCUT2D eigenvalue weighted by Gasteiger charge is -2.17. The normalized spacial score (nSPS) is 13.6. The van der Waals surface area contributed by atoms with Crippen LogP contribution in [0.3, 0.4) is 0 Å². The highest BCUT2D eigenvalue weighted by Crippen LogP contribution is 2.32. The number of aryl methyl sites for hydroxylation is 2. The second-order valence-corrected chi connectivity index (χ2v) is 5.16. The van der Waals surface area contributed by atoms with Gasteiger partial charge in [-0.05, 0) is 26.3 Å².